The highest BCUT2D eigenvalue weighted by Crippen LogP contribution is 2.34. The molecule has 0 amide bonds. The van der Waals surface area contributed by atoms with Crippen molar-refractivity contribution in [3.8, 4) is 16.6 Å². The fourth-order valence-corrected chi connectivity index (χ4v) is 4.74. The van der Waals surface area contributed by atoms with Gasteiger partial charge in [0, 0.05) is 29.8 Å². The van der Waals surface area contributed by atoms with E-state index in [0.717, 1.165) is 44.6 Å². The molecule has 0 aliphatic carbocycles. The second-order valence-corrected chi connectivity index (χ2v) is 10.6. The predicted molar refractivity (Wildman–Crippen MR) is 123 cm³/mol. The minimum atomic E-state index is -0.164. The van der Waals surface area contributed by atoms with Crippen molar-refractivity contribution in [3.05, 3.63) is 64.4 Å². The predicted octanol–water partition coefficient (Wildman–Crippen LogP) is 5.25. The maximum absolute atomic E-state index is 9.13. The monoisotopic (exact) mass is 430 g/mol. The number of hydrogen-bond donors (Lipinski definition) is 0. The van der Waals surface area contributed by atoms with Crippen molar-refractivity contribution in [2.24, 2.45) is 0 Å². The van der Waals surface area contributed by atoms with Crippen LogP contribution in [0.5, 0.6) is 0 Å². The van der Waals surface area contributed by atoms with Gasteiger partial charge >= 0.3 is 0 Å². The normalized spacial score (nSPS) is 12.3. The summed E-state index contributed by atoms with van der Waals surface area (Å²) in [6.45, 7) is 12.8. The molecule has 0 aliphatic rings. The lowest BCUT2D eigenvalue weighted by molar-refractivity contribution is 0.525. The van der Waals surface area contributed by atoms with E-state index in [1.807, 2.05) is 31.5 Å². The molecular formula is C24H26N6S. The van der Waals surface area contributed by atoms with Crippen LogP contribution in [0.3, 0.4) is 0 Å². The van der Waals surface area contributed by atoms with Gasteiger partial charge in [-0.2, -0.15) is 10.4 Å². The Morgan fingerprint density at radius 2 is 1.87 bits per heavy atom. The second-order valence-electron chi connectivity index (χ2n) is 9.53. The number of hydrogen-bond acceptors (Lipinski definition) is 6. The van der Waals surface area contributed by atoms with Gasteiger partial charge < -0.3 is 0 Å². The van der Waals surface area contributed by atoms with Crippen LogP contribution in [0.1, 0.15) is 62.3 Å². The van der Waals surface area contributed by atoms with E-state index in [-0.39, 0.29) is 10.8 Å². The van der Waals surface area contributed by atoms with Crippen molar-refractivity contribution in [2.45, 2.75) is 58.8 Å². The first-order valence-electron chi connectivity index (χ1n) is 10.3. The highest BCUT2D eigenvalue weighted by Gasteiger charge is 2.27. The number of thiazole rings is 1. The highest BCUT2D eigenvalue weighted by molar-refractivity contribution is 7.15. The Bertz CT molecular complexity index is 1300. The van der Waals surface area contributed by atoms with E-state index in [4.69, 9.17) is 10.2 Å². The molecule has 0 unspecified atom stereocenters. The Morgan fingerprint density at radius 1 is 1.10 bits per heavy atom. The van der Waals surface area contributed by atoms with Crippen LogP contribution in [0.25, 0.3) is 16.1 Å². The van der Waals surface area contributed by atoms with Crippen LogP contribution >= 0.6 is 11.3 Å². The molecule has 4 rings (SSSR count). The molecule has 0 aromatic carbocycles. The van der Waals surface area contributed by atoms with Crippen molar-refractivity contribution in [2.75, 3.05) is 0 Å². The Kier molecular flexibility index (Phi) is 5.14. The number of nitrogens with zero attached hydrogens (tertiary/aromatic N) is 6. The molecule has 4 heterocycles. The molecule has 4 aromatic heterocycles. The summed E-state index contributed by atoms with van der Waals surface area (Å²) >= 11 is 1.68. The lowest BCUT2D eigenvalue weighted by atomic mass is 9.82. The molecule has 0 atom stereocenters. The molecule has 31 heavy (non-hydrogen) atoms. The smallest absolute Gasteiger partial charge is 0.126 e. The van der Waals surface area contributed by atoms with E-state index in [1.165, 1.54) is 0 Å². The van der Waals surface area contributed by atoms with E-state index >= 15 is 0 Å². The van der Waals surface area contributed by atoms with Gasteiger partial charge in [0.05, 0.1) is 38.5 Å². The van der Waals surface area contributed by atoms with E-state index < -0.39 is 0 Å². The summed E-state index contributed by atoms with van der Waals surface area (Å²) in [5.41, 5.74) is 4.52. The topological polar surface area (TPSA) is 79.8 Å². The number of aryl methyl sites for hydroxylation is 1. The SMILES string of the molecule is Cc1nc(-c2cnc(CC(C)(C)c3cnn4cc(C#N)ccc34)s2)cc(C(C)(C)C)n1. The lowest BCUT2D eigenvalue weighted by Crippen LogP contribution is -2.20. The molecule has 0 aliphatic heterocycles. The van der Waals surface area contributed by atoms with Gasteiger partial charge in [-0.05, 0) is 30.5 Å². The van der Waals surface area contributed by atoms with Gasteiger partial charge in [-0.3, -0.25) is 0 Å². The molecule has 7 heteroatoms. The van der Waals surface area contributed by atoms with Crippen molar-refractivity contribution in [3.63, 3.8) is 0 Å². The first kappa shape index (κ1) is 21.1. The zero-order valence-electron chi connectivity index (χ0n) is 18.8. The molecule has 4 aromatic rings. The average Bonchev–Trinajstić information content (AvgIpc) is 3.33. The van der Waals surface area contributed by atoms with Gasteiger partial charge in [0.15, 0.2) is 0 Å². The highest BCUT2D eigenvalue weighted by atomic mass is 32.1. The Balaban J connectivity index is 1.64. The van der Waals surface area contributed by atoms with Gasteiger partial charge in [-0.1, -0.05) is 34.6 Å². The van der Waals surface area contributed by atoms with Gasteiger partial charge in [0.1, 0.15) is 11.9 Å². The van der Waals surface area contributed by atoms with Gasteiger partial charge in [-0.15, -0.1) is 11.3 Å². The van der Waals surface area contributed by atoms with Crippen molar-refractivity contribution >= 4 is 16.9 Å². The third kappa shape index (κ3) is 4.21. The second kappa shape index (κ2) is 7.54. The molecule has 0 spiro atoms. The van der Waals surface area contributed by atoms with Crippen molar-refractivity contribution in [1.82, 2.24) is 24.6 Å². The average molecular weight is 431 g/mol. The molecule has 0 bridgehead atoms. The largest absolute Gasteiger partial charge is 0.249 e. The van der Waals surface area contributed by atoms with Crippen molar-refractivity contribution < 1.29 is 0 Å². The first-order chi connectivity index (χ1) is 14.6. The van der Waals surface area contributed by atoms with Gasteiger partial charge in [-0.25, -0.2) is 19.5 Å². The van der Waals surface area contributed by atoms with Crippen LogP contribution in [0.15, 0.2) is 36.8 Å². The van der Waals surface area contributed by atoms with E-state index in [1.54, 1.807) is 22.0 Å². The fourth-order valence-electron chi connectivity index (χ4n) is 3.63. The maximum Gasteiger partial charge on any atom is 0.126 e. The van der Waals surface area contributed by atoms with Crippen LogP contribution in [0, 0.1) is 18.3 Å². The minimum Gasteiger partial charge on any atom is -0.249 e. The van der Waals surface area contributed by atoms with E-state index in [0.29, 0.717) is 5.56 Å². The Labute approximate surface area is 186 Å². The summed E-state index contributed by atoms with van der Waals surface area (Å²) in [6.07, 6.45) is 6.36. The molecule has 0 N–H and O–H groups in total. The lowest BCUT2D eigenvalue weighted by Gasteiger charge is -2.22. The van der Waals surface area contributed by atoms with Crippen LogP contribution in [0.4, 0.5) is 0 Å². The third-order valence-electron chi connectivity index (χ3n) is 5.38. The molecular weight excluding hydrogens is 404 g/mol. The fraction of sp³-hybridized carbons (Fsp3) is 0.375. The molecule has 0 saturated carbocycles. The number of aromatic nitrogens is 5. The summed E-state index contributed by atoms with van der Waals surface area (Å²) in [6, 6.07) is 8.04. The van der Waals surface area contributed by atoms with Crippen LogP contribution in [0.2, 0.25) is 0 Å². The van der Waals surface area contributed by atoms with Crippen molar-refractivity contribution in [1.29, 1.82) is 5.26 Å². The summed E-state index contributed by atoms with van der Waals surface area (Å²) in [5, 5.41) is 14.6. The molecule has 6 nitrogen and oxygen atoms in total. The standard InChI is InChI=1S/C24H26N6S/c1-15-28-18(9-21(29-15)23(2,3)4)20-13-26-22(31-20)10-24(5,6)17-12-27-30-14-16(11-25)7-8-19(17)30/h7-9,12-14H,10H2,1-6H3. The number of rotatable bonds is 4. The van der Waals surface area contributed by atoms with Crippen LogP contribution < -0.4 is 0 Å². The molecule has 0 radical (unpaired) electrons. The molecule has 0 saturated heterocycles. The van der Waals surface area contributed by atoms with E-state index in [2.05, 4.69) is 61.8 Å². The summed E-state index contributed by atoms with van der Waals surface area (Å²) < 4.78 is 1.78. The first-order valence-corrected chi connectivity index (χ1v) is 11.1. The summed E-state index contributed by atoms with van der Waals surface area (Å²) in [4.78, 5) is 15.0. The number of pyridine rings is 1. The van der Waals surface area contributed by atoms with E-state index in [9.17, 15) is 0 Å². The van der Waals surface area contributed by atoms with Crippen LogP contribution in [-0.2, 0) is 17.3 Å². The van der Waals surface area contributed by atoms with Gasteiger partial charge in [0.25, 0.3) is 0 Å². The zero-order valence-corrected chi connectivity index (χ0v) is 19.6. The summed E-state index contributed by atoms with van der Waals surface area (Å²) in [7, 11) is 0. The molecule has 0 fully saturated rings. The Hall–Kier alpha value is -3.11. The van der Waals surface area contributed by atoms with Gasteiger partial charge in [0.2, 0.25) is 0 Å². The third-order valence-corrected chi connectivity index (χ3v) is 6.40. The zero-order chi connectivity index (χ0) is 22.4. The quantitative estimate of drug-likeness (QED) is 0.442. The Morgan fingerprint density at radius 3 is 2.58 bits per heavy atom. The number of nitriles is 1. The van der Waals surface area contributed by atoms with Crippen LogP contribution in [-0.4, -0.2) is 24.6 Å². The maximum atomic E-state index is 9.13. The minimum absolute atomic E-state index is 0.0348. The molecule has 158 valence electrons. The number of fused-ring (bicyclic) bond motifs is 1. The summed E-state index contributed by atoms with van der Waals surface area (Å²) in [5.74, 6) is 0.779.